The van der Waals surface area contributed by atoms with Crippen LogP contribution in [0, 0.1) is 13.8 Å². The normalized spacial score (nSPS) is 14.4. The molecular weight excluding hydrogens is 262 g/mol. The highest BCUT2D eigenvalue weighted by atomic mass is 15.3. The van der Waals surface area contributed by atoms with E-state index < -0.39 is 0 Å². The zero-order valence-electron chi connectivity index (χ0n) is 12.8. The Hall–Kier alpha value is -2.30. The van der Waals surface area contributed by atoms with E-state index in [0.717, 1.165) is 42.7 Å². The van der Waals surface area contributed by atoms with Crippen molar-refractivity contribution in [2.45, 2.75) is 20.4 Å². The molecule has 1 aromatic heterocycles. The lowest BCUT2D eigenvalue weighted by molar-refractivity contribution is 0.533. The number of para-hydroxylation sites is 1. The topological polar surface area (TPSA) is 45.5 Å². The summed E-state index contributed by atoms with van der Waals surface area (Å²) in [5.41, 5.74) is 4.52. The van der Waals surface area contributed by atoms with Crippen molar-refractivity contribution in [3.63, 3.8) is 0 Å². The monoisotopic (exact) mass is 283 g/mol. The van der Waals surface area contributed by atoms with Gasteiger partial charge in [0.1, 0.15) is 0 Å². The molecule has 0 unspecified atom stereocenters. The highest BCUT2D eigenvalue weighted by molar-refractivity contribution is 5.81. The highest BCUT2D eigenvalue weighted by Crippen LogP contribution is 2.17. The van der Waals surface area contributed by atoms with Gasteiger partial charge < -0.3 is 10.2 Å². The van der Waals surface area contributed by atoms with Gasteiger partial charge in [-0.05, 0) is 31.5 Å². The molecule has 0 atom stereocenters. The molecule has 0 radical (unpaired) electrons. The van der Waals surface area contributed by atoms with Gasteiger partial charge in [-0.15, -0.1) is 0 Å². The molecule has 5 heteroatoms. The van der Waals surface area contributed by atoms with Crippen LogP contribution in [0.1, 0.15) is 17.0 Å². The van der Waals surface area contributed by atoms with Crippen LogP contribution in [0.2, 0.25) is 0 Å². The molecule has 1 aliphatic rings. The minimum absolute atomic E-state index is 0.748. The lowest BCUT2D eigenvalue weighted by Gasteiger charge is -2.17. The summed E-state index contributed by atoms with van der Waals surface area (Å²) in [7, 11) is 2.06. The Kier molecular flexibility index (Phi) is 3.64. The van der Waals surface area contributed by atoms with Crippen molar-refractivity contribution in [2.75, 3.05) is 20.1 Å². The van der Waals surface area contributed by atoms with E-state index in [9.17, 15) is 0 Å². The Morgan fingerprint density at radius 3 is 2.71 bits per heavy atom. The minimum atomic E-state index is 0.748. The number of hydrogen-bond acceptors (Lipinski definition) is 4. The van der Waals surface area contributed by atoms with Crippen molar-refractivity contribution in [1.29, 1.82) is 0 Å². The van der Waals surface area contributed by atoms with E-state index in [1.807, 2.05) is 11.6 Å². The van der Waals surface area contributed by atoms with E-state index in [1.54, 1.807) is 0 Å². The fraction of sp³-hybridized carbons (Fsp3) is 0.375. The molecule has 1 aliphatic heterocycles. The molecule has 3 rings (SSSR count). The van der Waals surface area contributed by atoms with Crippen LogP contribution < -0.4 is 5.32 Å². The molecule has 2 heterocycles. The highest BCUT2D eigenvalue weighted by Gasteiger charge is 2.13. The Morgan fingerprint density at radius 2 is 2.05 bits per heavy atom. The second-order valence-corrected chi connectivity index (χ2v) is 5.45. The summed E-state index contributed by atoms with van der Waals surface area (Å²) in [6.07, 6.45) is 0. The van der Waals surface area contributed by atoms with E-state index in [4.69, 9.17) is 0 Å². The molecule has 0 bridgehead atoms. The standard InChI is InChI=1S/C16H21N5/c1-12-10-13(2)21(19-12)15-7-5-4-6-14(15)11-18-16-17-8-9-20(16)3/h4-7,10H,8-9,11H2,1-3H3,(H,17,18). The summed E-state index contributed by atoms with van der Waals surface area (Å²) in [5, 5.41) is 8.00. The van der Waals surface area contributed by atoms with Crippen molar-refractivity contribution in [3.05, 3.63) is 47.3 Å². The number of guanidine groups is 1. The molecule has 0 spiro atoms. The molecule has 0 fully saturated rings. The summed E-state index contributed by atoms with van der Waals surface area (Å²) in [5.74, 6) is 0.971. The van der Waals surface area contributed by atoms with Crippen LogP contribution in [-0.2, 0) is 6.54 Å². The molecule has 1 aromatic carbocycles. The number of aliphatic imine (C=N–C) groups is 1. The molecule has 110 valence electrons. The van der Waals surface area contributed by atoms with Crippen LogP contribution in [0.15, 0.2) is 35.3 Å². The number of nitrogens with zero attached hydrogens (tertiary/aromatic N) is 4. The summed E-state index contributed by atoms with van der Waals surface area (Å²) >= 11 is 0. The van der Waals surface area contributed by atoms with Crippen molar-refractivity contribution in [2.24, 2.45) is 4.99 Å². The van der Waals surface area contributed by atoms with Crippen LogP contribution in [0.5, 0.6) is 0 Å². The van der Waals surface area contributed by atoms with E-state index in [2.05, 4.69) is 64.6 Å². The average molecular weight is 283 g/mol. The van der Waals surface area contributed by atoms with Crippen molar-refractivity contribution in [1.82, 2.24) is 20.0 Å². The molecule has 0 aliphatic carbocycles. The van der Waals surface area contributed by atoms with Crippen molar-refractivity contribution >= 4 is 5.96 Å². The number of aromatic nitrogens is 2. The largest absolute Gasteiger partial charge is 0.352 e. The number of rotatable bonds is 3. The maximum atomic E-state index is 4.58. The Labute approximate surface area is 125 Å². The van der Waals surface area contributed by atoms with E-state index in [0.29, 0.717) is 0 Å². The molecule has 21 heavy (non-hydrogen) atoms. The van der Waals surface area contributed by atoms with Gasteiger partial charge in [-0.25, -0.2) is 4.68 Å². The molecule has 0 saturated carbocycles. The fourth-order valence-corrected chi connectivity index (χ4v) is 2.64. The number of hydrogen-bond donors (Lipinski definition) is 1. The maximum absolute atomic E-state index is 4.58. The Bertz CT molecular complexity index is 671. The van der Waals surface area contributed by atoms with Crippen LogP contribution >= 0.6 is 0 Å². The van der Waals surface area contributed by atoms with Gasteiger partial charge in [0.25, 0.3) is 0 Å². The van der Waals surface area contributed by atoms with Crippen LogP contribution in [-0.4, -0.2) is 40.8 Å². The summed E-state index contributed by atoms with van der Waals surface area (Å²) in [4.78, 5) is 6.61. The third kappa shape index (κ3) is 2.77. The lowest BCUT2D eigenvalue weighted by atomic mass is 10.1. The van der Waals surface area contributed by atoms with Crippen molar-refractivity contribution < 1.29 is 0 Å². The first kappa shape index (κ1) is 13.7. The third-order valence-electron chi connectivity index (χ3n) is 3.72. The van der Waals surface area contributed by atoms with Gasteiger partial charge in [0.15, 0.2) is 5.96 Å². The molecule has 1 N–H and O–H groups in total. The molecule has 5 nitrogen and oxygen atoms in total. The first-order valence-electron chi connectivity index (χ1n) is 7.26. The average Bonchev–Trinajstić information content (AvgIpc) is 3.02. The molecular formula is C16H21N5. The summed E-state index contributed by atoms with van der Waals surface area (Å²) < 4.78 is 2.01. The van der Waals surface area contributed by atoms with Gasteiger partial charge in [-0.3, -0.25) is 4.99 Å². The lowest BCUT2D eigenvalue weighted by Crippen LogP contribution is -2.35. The van der Waals surface area contributed by atoms with E-state index in [-0.39, 0.29) is 0 Å². The number of aryl methyl sites for hydroxylation is 2. The fourth-order valence-electron chi connectivity index (χ4n) is 2.64. The zero-order chi connectivity index (χ0) is 14.8. The smallest absolute Gasteiger partial charge is 0.194 e. The first-order chi connectivity index (χ1) is 10.1. The van der Waals surface area contributed by atoms with Crippen LogP contribution in [0.4, 0.5) is 0 Å². The van der Waals surface area contributed by atoms with Crippen LogP contribution in [0.3, 0.4) is 0 Å². The van der Waals surface area contributed by atoms with Gasteiger partial charge in [0.2, 0.25) is 0 Å². The van der Waals surface area contributed by atoms with Gasteiger partial charge in [-0.2, -0.15) is 5.10 Å². The summed E-state index contributed by atoms with van der Waals surface area (Å²) in [6, 6.07) is 10.4. The predicted octanol–water partition coefficient (Wildman–Crippen LogP) is 1.88. The van der Waals surface area contributed by atoms with E-state index >= 15 is 0 Å². The Balaban J connectivity index is 1.84. The molecule has 0 amide bonds. The second-order valence-electron chi connectivity index (χ2n) is 5.45. The second kappa shape index (κ2) is 5.60. The first-order valence-corrected chi connectivity index (χ1v) is 7.26. The number of likely N-dealkylation sites (N-methyl/N-ethyl adjacent to an activating group) is 1. The number of nitrogens with one attached hydrogen (secondary N) is 1. The maximum Gasteiger partial charge on any atom is 0.194 e. The summed E-state index contributed by atoms with van der Waals surface area (Å²) in [6.45, 7) is 6.71. The number of benzene rings is 1. The predicted molar refractivity (Wildman–Crippen MR) is 84.8 cm³/mol. The van der Waals surface area contributed by atoms with Gasteiger partial charge in [-0.1, -0.05) is 18.2 Å². The minimum Gasteiger partial charge on any atom is -0.352 e. The van der Waals surface area contributed by atoms with Gasteiger partial charge >= 0.3 is 0 Å². The van der Waals surface area contributed by atoms with Gasteiger partial charge in [0.05, 0.1) is 17.9 Å². The van der Waals surface area contributed by atoms with Crippen molar-refractivity contribution in [3.8, 4) is 5.69 Å². The van der Waals surface area contributed by atoms with E-state index in [1.165, 1.54) is 5.56 Å². The Morgan fingerprint density at radius 1 is 1.24 bits per heavy atom. The molecule has 2 aromatic rings. The third-order valence-corrected chi connectivity index (χ3v) is 3.72. The molecule has 0 saturated heterocycles. The zero-order valence-corrected chi connectivity index (χ0v) is 12.8. The SMILES string of the molecule is Cc1cc(C)n(-c2ccccc2CNC2=NCCN2C)n1. The van der Waals surface area contributed by atoms with Crippen LogP contribution in [0.25, 0.3) is 5.69 Å². The quantitative estimate of drug-likeness (QED) is 0.935. The van der Waals surface area contributed by atoms with Gasteiger partial charge in [0, 0.05) is 25.8 Å².